The lowest BCUT2D eigenvalue weighted by Crippen LogP contribution is -2.65. The van der Waals surface area contributed by atoms with Gasteiger partial charge in [0, 0.05) is 57.5 Å². The van der Waals surface area contributed by atoms with Crippen LogP contribution in [0.1, 0.15) is 91.7 Å². The van der Waals surface area contributed by atoms with Gasteiger partial charge in [0.05, 0.1) is 24.2 Å². The number of benzene rings is 2. The molecule has 2 aromatic rings. The van der Waals surface area contributed by atoms with E-state index in [1.165, 1.54) is 48.7 Å². The van der Waals surface area contributed by atoms with Gasteiger partial charge >= 0.3 is 0 Å². The van der Waals surface area contributed by atoms with Crippen molar-refractivity contribution < 1.29 is 62.4 Å². The highest BCUT2D eigenvalue weighted by Gasteiger charge is 2.48. The molecule has 0 aromatic heterocycles. The van der Waals surface area contributed by atoms with Crippen molar-refractivity contribution in [1.82, 2.24) is 25.8 Å². The van der Waals surface area contributed by atoms with Crippen LogP contribution in [0.2, 0.25) is 0 Å². The predicted octanol–water partition coefficient (Wildman–Crippen LogP) is 7.50. The van der Waals surface area contributed by atoms with E-state index in [9.17, 15) is 42.4 Å². The summed E-state index contributed by atoms with van der Waals surface area (Å²) < 4.78 is 47.8. The molecule has 23 heteroatoms. The SMILES string of the molecule is C.CCC[C@@H]1C[C@@H](C(=O)N[C@H](C=O)[C@H]2OC(SC)[C@H](C)[C@H](C)C2C)N(C)C1.CCC[C@@H]1C[C@@H](C(=O)N[C@H](CNCc2ccc(F)cc2)[C@H]2OC(SC)[C@H](O)[C@H](O)C2O)N(C)C1.CCl.CSF.NCc1ccc(F)cc1.OO. The summed E-state index contributed by atoms with van der Waals surface area (Å²) in [7, 11) is 3.95. The number of aliphatic hydroxyl groups is 3. The zero-order valence-electron chi connectivity index (χ0n) is 46.2. The number of amides is 2. The Labute approximate surface area is 475 Å². The molecule has 10 N–H and O–H groups in total. The molecular formula is C54H94ClF3N6O10S3. The van der Waals surface area contributed by atoms with Crippen LogP contribution < -0.4 is 21.7 Å². The van der Waals surface area contributed by atoms with Crippen LogP contribution in [0.3, 0.4) is 0 Å². The molecule has 16 nitrogen and oxygen atoms in total. The molecule has 446 valence electrons. The molecule has 4 aliphatic rings. The third kappa shape index (κ3) is 24.0. The fourth-order valence-corrected chi connectivity index (χ4v) is 11.7. The van der Waals surface area contributed by atoms with Gasteiger partial charge in [-0.05, 0) is 117 Å². The molecular weight excluding hydrogens is 1080 g/mol. The molecule has 77 heavy (non-hydrogen) atoms. The molecule has 0 bridgehead atoms. The Morgan fingerprint density at radius 1 is 0.740 bits per heavy atom. The summed E-state index contributed by atoms with van der Waals surface area (Å²) in [6.45, 7) is 13.8. The van der Waals surface area contributed by atoms with E-state index in [1.54, 1.807) is 42.3 Å². The van der Waals surface area contributed by atoms with E-state index in [0.717, 1.165) is 69.0 Å². The zero-order chi connectivity index (χ0) is 57.7. The van der Waals surface area contributed by atoms with Gasteiger partial charge in [-0.3, -0.25) is 29.9 Å². The summed E-state index contributed by atoms with van der Waals surface area (Å²) in [5, 5.41) is 52.6. The molecule has 0 aliphatic carbocycles. The Hall–Kier alpha value is -2.26. The van der Waals surface area contributed by atoms with E-state index in [4.69, 9.17) is 25.7 Å². The summed E-state index contributed by atoms with van der Waals surface area (Å²) in [6, 6.07) is 10.6. The second kappa shape index (κ2) is 40.8. The minimum atomic E-state index is -1.39. The fourth-order valence-electron chi connectivity index (χ4n) is 10.1. The van der Waals surface area contributed by atoms with Crippen LogP contribution in [0.15, 0.2) is 48.5 Å². The number of aldehydes is 1. The van der Waals surface area contributed by atoms with Crippen molar-refractivity contribution in [2.75, 3.05) is 58.9 Å². The van der Waals surface area contributed by atoms with Gasteiger partial charge in [-0.2, -0.15) is 3.89 Å². The van der Waals surface area contributed by atoms with Gasteiger partial charge in [-0.1, -0.05) is 79.2 Å². The van der Waals surface area contributed by atoms with Crippen LogP contribution in [-0.4, -0.2) is 178 Å². The smallest absolute Gasteiger partial charge is 0.238 e. The highest BCUT2D eigenvalue weighted by atomic mass is 35.5. The van der Waals surface area contributed by atoms with Crippen LogP contribution >= 0.6 is 47.3 Å². The number of aliphatic hydroxyl groups excluding tert-OH is 3. The number of rotatable bonds is 18. The lowest BCUT2D eigenvalue weighted by atomic mass is 9.77. The van der Waals surface area contributed by atoms with E-state index in [1.807, 2.05) is 20.4 Å². The number of halogens is 4. The number of hydrogen-bond acceptors (Lipinski definition) is 17. The first kappa shape index (κ1) is 74.7. The molecule has 4 aliphatic heterocycles. The van der Waals surface area contributed by atoms with Gasteiger partial charge in [0.15, 0.2) is 0 Å². The van der Waals surface area contributed by atoms with Crippen LogP contribution in [0.4, 0.5) is 12.7 Å². The van der Waals surface area contributed by atoms with Gasteiger partial charge in [-0.15, -0.1) is 35.1 Å². The lowest BCUT2D eigenvalue weighted by molar-refractivity contribution is -0.205. The number of carbonyl (C=O) groups excluding carboxylic acids is 3. The van der Waals surface area contributed by atoms with Gasteiger partial charge in [0.1, 0.15) is 59.3 Å². The molecule has 4 fully saturated rings. The van der Waals surface area contributed by atoms with Gasteiger partial charge < -0.3 is 51.3 Å². The minimum Gasteiger partial charge on any atom is -0.388 e. The number of hydrogen-bond donors (Lipinski definition) is 9. The Bertz CT molecular complexity index is 1880. The Balaban J connectivity index is 0.00000118. The second-order valence-corrected chi connectivity index (χ2v) is 21.9. The van der Waals surface area contributed by atoms with Crippen molar-refractivity contribution in [2.45, 2.75) is 159 Å². The van der Waals surface area contributed by atoms with E-state index in [-0.39, 0.29) is 79.1 Å². The standard InChI is InChI=1S/C24H38FN3O5S.C20H36N2O3S.C7H8FN.CH3Cl.CH3FS.CH4.H2O2/c1-4-5-15-10-18(28(2)13-15)23(32)27-17(12-26-11-14-6-8-16(25)9-7-14)22-20(30)19(29)21(31)24(33-22)34-3;1-7-8-15-9-17(22(5)10-15)19(24)21-16(11-23)18-13(3)12(2)14(4)20(25-18)26-6;8-7-3-1-6(5-9)2-4-7;1-2;1-3-2;;1-2/h6-9,15,17-22,24,26,29-31H,4-5,10-13H2,1-3H3,(H,27,32);11-18,20H,7-10H2,1-6H3,(H,21,24);1-4H,5,9H2;1H3;1H3;1H4;1-2H/t15-,17-,18+,19-,20?,21-,22-,24?;12-,13?,14-,15-,16-,17+,18+,20?;;;;;/m11...../s1. The van der Waals surface area contributed by atoms with Gasteiger partial charge in [0.2, 0.25) is 11.8 Å². The second-order valence-electron chi connectivity index (χ2n) is 19.7. The first-order valence-corrected chi connectivity index (χ1v) is 30.3. The molecule has 0 radical (unpaired) electrons. The number of likely N-dealkylation sites (N-methyl/N-ethyl adjacent to an activating group) is 2. The molecule has 0 spiro atoms. The Kier molecular flexibility index (Phi) is 39.6. The molecule has 2 aromatic carbocycles. The number of nitrogens with two attached hydrogens (primary N) is 1. The molecule has 0 saturated carbocycles. The molecule has 2 amide bonds. The topological polar surface area (TPSA) is 239 Å². The average molecular weight is 1180 g/mol. The first-order chi connectivity index (χ1) is 36.3. The number of alkyl halides is 1. The average Bonchev–Trinajstić information content (AvgIpc) is 3.99. The maximum atomic E-state index is 13.3. The molecule has 16 atom stereocenters. The largest absolute Gasteiger partial charge is 0.388 e. The van der Waals surface area contributed by atoms with Crippen molar-refractivity contribution in [3.63, 3.8) is 0 Å². The Morgan fingerprint density at radius 2 is 1.18 bits per heavy atom. The van der Waals surface area contributed by atoms with Crippen molar-refractivity contribution in [2.24, 2.45) is 35.3 Å². The summed E-state index contributed by atoms with van der Waals surface area (Å²) in [4.78, 5) is 42.1. The van der Waals surface area contributed by atoms with Crippen molar-refractivity contribution in [1.29, 1.82) is 0 Å². The van der Waals surface area contributed by atoms with Gasteiger partial charge in [-0.25, -0.2) is 8.78 Å². The molecule has 4 unspecified atom stereocenters. The summed E-state index contributed by atoms with van der Waals surface area (Å²) >= 11 is 7.80. The van der Waals surface area contributed by atoms with E-state index in [2.05, 4.69) is 72.0 Å². The van der Waals surface area contributed by atoms with E-state index < -0.39 is 41.9 Å². The summed E-state index contributed by atoms with van der Waals surface area (Å²) in [5.74, 6) is 1.41. The normalized spacial score (nSPS) is 29.5. The summed E-state index contributed by atoms with van der Waals surface area (Å²) in [6.07, 6.45) is 8.40. The number of nitrogens with one attached hydrogen (secondary N) is 3. The maximum absolute atomic E-state index is 13.3. The van der Waals surface area contributed by atoms with E-state index in [0.29, 0.717) is 36.8 Å². The fraction of sp³-hybridized carbons (Fsp3) is 0.722. The number of likely N-dealkylation sites (tertiary alicyclic amines) is 2. The maximum Gasteiger partial charge on any atom is 0.238 e. The molecule has 4 saturated heterocycles. The molecule has 4 heterocycles. The van der Waals surface area contributed by atoms with Crippen molar-refractivity contribution in [3.8, 4) is 0 Å². The highest BCUT2D eigenvalue weighted by Crippen LogP contribution is 2.40. The Morgan fingerprint density at radius 3 is 1.61 bits per heavy atom. The summed E-state index contributed by atoms with van der Waals surface area (Å²) in [5.41, 5.74) is 6.43. The highest BCUT2D eigenvalue weighted by molar-refractivity contribution is 7.99. The van der Waals surface area contributed by atoms with Crippen LogP contribution in [0.5, 0.6) is 0 Å². The number of nitrogens with zero attached hydrogens (tertiary/aromatic N) is 2. The van der Waals surface area contributed by atoms with Crippen LogP contribution in [-0.2, 0) is 36.9 Å². The first-order valence-electron chi connectivity index (χ1n) is 25.8. The van der Waals surface area contributed by atoms with Gasteiger partial charge in [0.25, 0.3) is 0 Å². The zero-order valence-corrected chi connectivity index (χ0v) is 49.4. The quantitative estimate of drug-likeness (QED) is 0.0304. The van der Waals surface area contributed by atoms with Crippen molar-refractivity contribution >= 4 is 65.4 Å². The lowest BCUT2D eigenvalue weighted by Gasteiger charge is -2.45. The number of ether oxygens (including phenoxy) is 2. The third-order valence-electron chi connectivity index (χ3n) is 14.5. The van der Waals surface area contributed by atoms with E-state index >= 15 is 0 Å². The molecule has 6 rings (SSSR count). The number of carbonyl (C=O) groups is 3. The predicted molar refractivity (Wildman–Crippen MR) is 309 cm³/mol. The minimum absolute atomic E-state index is 0. The third-order valence-corrected chi connectivity index (χ3v) is 16.4. The van der Waals surface area contributed by atoms with Crippen molar-refractivity contribution in [3.05, 3.63) is 71.3 Å². The van der Waals surface area contributed by atoms with Crippen LogP contribution in [0.25, 0.3) is 0 Å². The number of thioether (sulfide) groups is 2. The van der Waals surface area contributed by atoms with Crippen LogP contribution in [0, 0.1) is 41.2 Å². The monoisotopic (exact) mass is 1170 g/mol.